The van der Waals surface area contributed by atoms with Gasteiger partial charge in [0.25, 0.3) is 5.56 Å². The predicted octanol–water partition coefficient (Wildman–Crippen LogP) is 1.61. The molecule has 1 N–H and O–H groups in total. The number of aromatic nitrogens is 2. The van der Waals surface area contributed by atoms with Gasteiger partial charge in [0.15, 0.2) is 0 Å². The highest BCUT2D eigenvalue weighted by atomic mass is 16.5. The minimum absolute atomic E-state index is 0.0570. The fourth-order valence-electron chi connectivity index (χ4n) is 1.52. The van der Waals surface area contributed by atoms with E-state index in [-0.39, 0.29) is 18.0 Å². The first-order valence-electron chi connectivity index (χ1n) is 5.54. The van der Waals surface area contributed by atoms with Crippen molar-refractivity contribution in [3.63, 3.8) is 0 Å². The Kier molecular flexibility index (Phi) is 3.52. The van der Waals surface area contributed by atoms with Crippen LogP contribution in [-0.4, -0.2) is 22.5 Å². The zero-order valence-electron chi connectivity index (χ0n) is 9.84. The van der Waals surface area contributed by atoms with E-state index >= 15 is 0 Å². The summed E-state index contributed by atoms with van der Waals surface area (Å²) in [7, 11) is 0. The van der Waals surface area contributed by atoms with Gasteiger partial charge in [0.05, 0.1) is 12.8 Å². The number of carbonyl (C=O) groups excluding carboxylic acids is 1. The van der Waals surface area contributed by atoms with Crippen LogP contribution in [0.25, 0.3) is 11.3 Å². The Balaban J connectivity index is 2.38. The van der Waals surface area contributed by atoms with Crippen molar-refractivity contribution in [1.29, 1.82) is 0 Å². The molecule has 1 aromatic carbocycles. The molecule has 2 aromatic rings. The lowest BCUT2D eigenvalue weighted by Gasteiger charge is -2.03. The van der Waals surface area contributed by atoms with Gasteiger partial charge >= 0.3 is 5.97 Å². The van der Waals surface area contributed by atoms with Crippen molar-refractivity contribution in [3.05, 3.63) is 52.6 Å². The van der Waals surface area contributed by atoms with Crippen LogP contribution >= 0.6 is 0 Å². The highest BCUT2D eigenvalue weighted by molar-refractivity contribution is 5.87. The van der Waals surface area contributed by atoms with E-state index in [2.05, 4.69) is 9.97 Å². The molecule has 5 heteroatoms. The van der Waals surface area contributed by atoms with Crippen LogP contribution in [0.1, 0.15) is 17.4 Å². The van der Waals surface area contributed by atoms with Gasteiger partial charge in [-0.2, -0.15) is 0 Å². The van der Waals surface area contributed by atoms with E-state index in [4.69, 9.17) is 4.74 Å². The van der Waals surface area contributed by atoms with Gasteiger partial charge in [0.1, 0.15) is 11.4 Å². The molecule has 0 saturated heterocycles. The average Bonchev–Trinajstić information content (AvgIpc) is 2.40. The number of rotatable bonds is 3. The molecule has 0 unspecified atom stereocenters. The Labute approximate surface area is 103 Å². The molecule has 0 radical (unpaired) electrons. The Morgan fingerprint density at radius 1 is 1.33 bits per heavy atom. The van der Waals surface area contributed by atoms with Gasteiger partial charge in [0.2, 0.25) is 0 Å². The third kappa shape index (κ3) is 2.45. The number of esters is 1. The minimum atomic E-state index is -0.582. The van der Waals surface area contributed by atoms with Crippen LogP contribution in [-0.2, 0) is 4.74 Å². The third-order valence-corrected chi connectivity index (χ3v) is 2.33. The molecule has 0 spiro atoms. The van der Waals surface area contributed by atoms with Gasteiger partial charge in [-0.25, -0.2) is 9.78 Å². The van der Waals surface area contributed by atoms with E-state index in [9.17, 15) is 9.59 Å². The topological polar surface area (TPSA) is 72.0 Å². The Bertz CT molecular complexity index is 605. The summed E-state index contributed by atoms with van der Waals surface area (Å²) < 4.78 is 4.78. The molecule has 1 heterocycles. The molecule has 0 aliphatic carbocycles. The van der Waals surface area contributed by atoms with Gasteiger partial charge in [-0.3, -0.25) is 4.79 Å². The Hall–Kier alpha value is -2.43. The summed E-state index contributed by atoms with van der Waals surface area (Å²) in [5.74, 6) is -0.582. The molecule has 2 rings (SSSR count). The zero-order valence-corrected chi connectivity index (χ0v) is 9.84. The van der Waals surface area contributed by atoms with Gasteiger partial charge in [-0.15, -0.1) is 0 Å². The van der Waals surface area contributed by atoms with E-state index in [1.54, 1.807) is 19.1 Å². The van der Waals surface area contributed by atoms with Crippen molar-refractivity contribution < 1.29 is 9.53 Å². The molecule has 0 atom stereocenters. The number of hydrogen-bond acceptors (Lipinski definition) is 4. The van der Waals surface area contributed by atoms with Crippen LogP contribution in [0.5, 0.6) is 0 Å². The first kappa shape index (κ1) is 12.0. The fraction of sp³-hybridized carbons (Fsp3) is 0.154. The number of nitrogens with zero attached hydrogens (tertiary/aromatic N) is 1. The van der Waals surface area contributed by atoms with Crippen molar-refractivity contribution >= 4 is 5.97 Å². The first-order valence-corrected chi connectivity index (χ1v) is 5.54. The maximum Gasteiger partial charge on any atom is 0.356 e. The lowest BCUT2D eigenvalue weighted by molar-refractivity contribution is 0.0518. The number of benzene rings is 1. The van der Waals surface area contributed by atoms with Crippen molar-refractivity contribution in [1.82, 2.24) is 9.97 Å². The van der Waals surface area contributed by atoms with E-state index in [0.717, 1.165) is 0 Å². The van der Waals surface area contributed by atoms with Crippen LogP contribution in [0.2, 0.25) is 0 Å². The molecule has 0 saturated carbocycles. The second kappa shape index (κ2) is 5.27. The molecule has 92 valence electrons. The summed E-state index contributed by atoms with van der Waals surface area (Å²) in [6.45, 7) is 1.95. The largest absolute Gasteiger partial charge is 0.461 e. The van der Waals surface area contributed by atoms with Crippen LogP contribution < -0.4 is 5.56 Å². The summed E-state index contributed by atoms with van der Waals surface area (Å²) >= 11 is 0. The summed E-state index contributed by atoms with van der Waals surface area (Å²) in [6.07, 6.45) is 1.31. The van der Waals surface area contributed by atoms with Crippen molar-refractivity contribution in [2.24, 2.45) is 0 Å². The van der Waals surface area contributed by atoms with E-state index < -0.39 is 11.5 Å². The average molecular weight is 244 g/mol. The Morgan fingerprint density at radius 3 is 2.67 bits per heavy atom. The summed E-state index contributed by atoms with van der Waals surface area (Å²) in [5, 5.41) is 0. The first-order chi connectivity index (χ1) is 8.72. The van der Waals surface area contributed by atoms with Gasteiger partial charge < -0.3 is 9.72 Å². The normalized spacial score (nSPS) is 10.1. The third-order valence-electron chi connectivity index (χ3n) is 2.33. The highest BCUT2D eigenvalue weighted by Crippen LogP contribution is 2.11. The number of H-pyrrole nitrogens is 1. The quantitative estimate of drug-likeness (QED) is 0.832. The second-order valence-electron chi connectivity index (χ2n) is 3.56. The fourth-order valence-corrected chi connectivity index (χ4v) is 1.52. The molecule has 1 aromatic heterocycles. The number of aromatic amines is 1. The van der Waals surface area contributed by atoms with Gasteiger partial charge in [-0.05, 0) is 6.92 Å². The molecule has 0 aliphatic heterocycles. The molecule has 18 heavy (non-hydrogen) atoms. The smallest absolute Gasteiger partial charge is 0.356 e. The highest BCUT2D eigenvalue weighted by Gasteiger charge is 2.11. The van der Waals surface area contributed by atoms with E-state index in [1.165, 1.54) is 6.20 Å². The monoisotopic (exact) mass is 244 g/mol. The number of ether oxygens (including phenoxy) is 1. The minimum Gasteiger partial charge on any atom is -0.461 e. The lowest BCUT2D eigenvalue weighted by atomic mass is 10.1. The van der Waals surface area contributed by atoms with Crippen molar-refractivity contribution in [2.45, 2.75) is 6.92 Å². The van der Waals surface area contributed by atoms with E-state index in [1.807, 2.05) is 18.2 Å². The van der Waals surface area contributed by atoms with Crippen LogP contribution in [0.3, 0.4) is 0 Å². The molecule has 0 fully saturated rings. The zero-order chi connectivity index (χ0) is 13.0. The maximum atomic E-state index is 11.8. The predicted molar refractivity (Wildman–Crippen MR) is 66.3 cm³/mol. The van der Waals surface area contributed by atoms with Gasteiger partial charge in [-0.1, -0.05) is 30.3 Å². The molecule has 0 bridgehead atoms. The second-order valence-corrected chi connectivity index (χ2v) is 3.56. The molecule has 0 aliphatic rings. The SMILES string of the molecule is CCOC(=O)c1cnc(-c2ccccc2)c(=O)[nH]1. The van der Waals surface area contributed by atoms with Crippen LogP contribution in [0, 0.1) is 0 Å². The summed E-state index contributed by atoms with van der Waals surface area (Å²) in [5.41, 5.74) is 0.631. The molecule has 5 nitrogen and oxygen atoms in total. The van der Waals surface area contributed by atoms with Crippen LogP contribution in [0.4, 0.5) is 0 Å². The standard InChI is InChI=1S/C13H12N2O3/c1-2-18-13(17)10-8-14-11(12(16)15-10)9-6-4-3-5-7-9/h3-8H,2H2,1H3,(H,15,16). The lowest BCUT2D eigenvalue weighted by Crippen LogP contribution is -2.18. The number of nitrogens with one attached hydrogen (secondary N) is 1. The van der Waals surface area contributed by atoms with Crippen molar-refractivity contribution in [2.75, 3.05) is 6.61 Å². The summed E-state index contributed by atoms with van der Waals surface area (Å²) in [4.78, 5) is 29.7. The van der Waals surface area contributed by atoms with Gasteiger partial charge in [0, 0.05) is 5.56 Å². The Morgan fingerprint density at radius 2 is 2.06 bits per heavy atom. The summed E-state index contributed by atoms with van der Waals surface area (Å²) in [6, 6.07) is 9.04. The molecular weight excluding hydrogens is 232 g/mol. The number of hydrogen-bond donors (Lipinski definition) is 1. The van der Waals surface area contributed by atoms with Crippen LogP contribution in [0.15, 0.2) is 41.3 Å². The van der Waals surface area contributed by atoms with Crippen molar-refractivity contribution in [3.8, 4) is 11.3 Å². The maximum absolute atomic E-state index is 11.8. The number of carbonyl (C=O) groups is 1. The molecule has 0 amide bonds. The molecular formula is C13H12N2O3. The van der Waals surface area contributed by atoms with E-state index in [0.29, 0.717) is 5.56 Å².